The van der Waals surface area contributed by atoms with Crippen molar-refractivity contribution in [2.45, 2.75) is 26.9 Å². The van der Waals surface area contributed by atoms with Gasteiger partial charge in [-0.25, -0.2) is 4.79 Å². The zero-order valence-corrected chi connectivity index (χ0v) is 12.7. The van der Waals surface area contributed by atoms with Gasteiger partial charge in [-0.15, -0.1) is 0 Å². The highest BCUT2D eigenvalue weighted by Gasteiger charge is 2.21. The molecule has 0 unspecified atom stereocenters. The van der Waals surface area contributed by atoms with Crippen molar-refractivity contribution in [1.82, 2.24) is 5.32 Å². The van der Waals surface area contributed by atoms with Gasteiger partial charge in [-0.05, 0) is 25.0 Å². The number of carbonyl (C=O) groups is 2. The number of hydrogen-bond donors (Lipinski definition) is 2. The van der Waals surface area contributed by atoms with E-state index in [0.717, 1.165) is 0 Å². The molecule has 0 aliphatic rings. The van der Waals surface area contributed by atoms with Crippen LogP contribution >= 0.6 is 0 Å². The van der Waals surface area contributed by atoms with E-state index in [1.54, 1.807) is 0 Å². The van der Waals surface area contributed by atoms with Crippen molar-refractivity contribution in [3.8, 4) is 11.5 Å². The average Bonchev–Trinajstić information content (AvgIpc) is 2.43. The number of esters is 1. The number of hydrogen-bond acceptors (Lipinski definition) is 5. The molecule has 1 aromatic carbocycles. The van der Waals surface area contributed by atoms with Gasteiger partial charge in [0.15, 0.2) is 6.10 Å². The molecule has 1 amide bonds. The summed E-state index contributed by atoms with van der Waals surface area (Å²) in [5.41, 5.74) is -0.0145. The van der Waals surface area contributed by atoms with Crippen molar-refractivity contribution < 1.29 is 24.2 Å². The number of aromatic hydroxyl groups is 1. The van der Waals surface area contributed by atoms with E-state index < -0.39 is 12.1 Å². The van der Waals surface area contributed by atoms with Gasteiger partial charge in [0.25, 0.3) is 5.91 Å². The van der Waals surface area contributed by atoms with E-state index >= 15 is 0 Å². The normalized spacial score (nSPS) is 11.9. The topological polar surface area (TPSA) is 84.9 Å². The number of carbonyl (C=O) groups excluding carboxylic acids is 2. The Morgan fingerprint density at radius 1 is 1.29 bits per heavy atom. The fraction of sp³-hybridized carbons (Fsp3) is 0.467. The second kappa shape index (κ2) is 7.52. The van der Waals surface area contributed by atoms with Crippen LogP contribution in [0.1, 0.15) is 31.1 Å². The summed E-state index contributed by atoms with van der Waals surface area (Å²) in [5.74, 6) is -0.657. The Hall–Kier alpha value is -2.24. The van der Waals surface area contributed by atoms with Crippen molar-refractivity contribution in [3.05, 3.63) is 23.8 Å². The van der Waals surface area contributed by atoms with Crippen LogP contribution in [0.4, 0.5) is 0 Å². The lowest BCUT2D eigenvalue weighted by atomic mass is 10.2. The van der Waals surface area contributed by atoms with Crippen LogP contribution in [0, 0.1) is 5.92 Å². The van der Waals surface area contributed by atoms with Crippen LogP contribution in [0.15, 0.2) is 18.2 Å². The number of amides is 1. The largest absolute Gasteiger partial charge is 0.507 e. The van der Waals surface area contributed by atoms with Crippen LogP contribution in [0.3, 0.4) is 0 Å². The first-order valence-electron chi connectivity index (χ1n) is 6.70. The third-order valence-corrected chi connectivity index (χ3v) is 2.76. The lowest BCUT2D eigenvalue weighted by molar-refractivity contribution is -0.129. The summed E-state index contributed by atoms with van der Waals surface area (Å²) in [5, 5.41) is 12.4. The Morgan fingerprint density at radius 2 is 1.95 bits per heavy atom. The third-order valence-electron chi connectivity index (χ3n) is 2.76. The van der Waals surface area contributed by atoms with Gasteiger partial charge in [-0.3, -0.25) is 4.79 Å². The minimum Gasteiger partial charge on any atom is -0.507 e. The minimum absolute atomic E-state index is 0.0145. The maximum absolute atomic E-state index is 11.9. The van der Waals surface area contributed by atoms with Gasteiger partial charge in [0.2, 0.25) is 0 Å². The fourth-order valence-electron chi connectivity index (χ4n) is 1.54. The van der Waals surface area contributed by atoms with Crippen LogP contribution in [0.25, 0.3) is 0 Å². The molecule has 116 valence electrons. The Bertz CT molecular complexity index is 513. The van der Waals surface area contributed by atoms with E-state index in [9.17, 15) is 14.7 Å². The highest BCUT2D eigenvalue weighted by molar-refractivity contribution is 5.94. The fourth-order valence-corrected chi connectivity index (χ4v) is 1.54. The van der Waals surface area contributed by atoms with Gasteiger partial charge in [-0.2, -0.15) is 0 Å². The number of rotatable bonds is 6. The Labute approximate surface area is 124 Å². The highest BCUT2D eigenvalue weighted by Crippen LogP contribution is 2.24. The number of ether oxygens (including phenoxy) is 2. The van der Waals surface area contributed by atoms with Crippen molar-refractivity contribution in [1.29, 1.82) is 0 Å². The molecule has 0 saturated carbocycles. The first kappa shape index (κ1) is 16.8. The van der Waals surface area contributed by atoms with Gasteiger partial charge < -0.3 is 19.9 Å². The maximum atomic E-state index is 11.9. The minimum atomic E-state index is -0.933. The molecular weight excluding hydrogens is 274 g/mol. The van der Waals surface area contributed by atoms with E-state index in [-0.39, 0.29) is 17.2 Å². The average molecular weight is 295 g/mol. The van der Waals surface area contributed by atoms with Crippen LogP contribution < -0.4 is 10.1 Å². The van der Waals surface area contributed by atoms with Gasteiger partial charge in [0.1, 0.15) is 17.1 Å². The molecule has 1 aromatic rings. The summed E-state index contributed by atoms with van der Waals surface area (Å²) < 4.78 is 9.96. The number of phenolic OH excluding ortho intramolecular Hbond substituents is 1. The number of nitrogens with one attached hydrogen (secondary N) is 1. The van der Waals surface area contributed by atoms with Crippen LogP contribution in [-0.4, -0.2) is 36.7 Å². The molecule has 6 heteroatoms. The molecule has 0 heterocycles. The summed E-state index contributed by atoms with van der Waals surface area (Å²) in [7, 11) is 1.45. The zero-order valence-electron chi connectivity index (χ0n) is 12.7. The molecule has 0 saturated heterocycles. The first-order valence-corrected chi connectivity index (χ1v) is 6.70. The Kier molecular flexibility index (Phi) is 6.02. The van der Waals surface area contributed by atoms with Crippen molar-refractivity contribution in [2.75, 3.05) is 13.7 Å². The predicted octanol–water partition coefficient (Wildman–Crippen LogP) is 1.72. The van der Waals surface area contributed by atoms with E-state index in [1.807, 2.05) is 13.8 Å². The van der Waals surface area contributed by atoms with Crippen LogP contribution in [0.5, 0.6) is 11.5 Å². The summed E-state index contributed by atoms with van der Waals surface area (Å²) in [6.07, 6.45) is -0.933. The molecule has 2 N–H and O–H groups in total. The van der Waals surface area contributed by atoms with E-state index in [2.05, 4.69) is 5.32 Å². The van der Waals surface area contributed by atoms with Gasteiger partial charge >= 0.3 is 5.97 Å². The van der Waals surface area contributed by atoms with Gasteiger partial charge in [-0.1, -0.05) is 13.8 Å². The molecule has 6 nitrogen and oxygen atoms in total. The molecule has 0 fully saturated rings. The number of phenols is 1. The number of methoxy groups -OCH3 is 1. The molecule has 0 bridgehead atoms. The van der Waals surface area contributed by atoms with Crippen LogP contribution in [-0.2, 0) is 9.53 Å². The second-order valence-corrected chi connectivity index (χ2v) is 5.07. The highest BCUT2D eigenvalue weighted by atomic mass is 16.5. The summed E-state index contributed by atoms with van der Waals surface area (Å²) >= 11 is 0. The molecule has 0 aliphatic carbocycles. The Balaban J connectivity index is 2.66. The first-order chi connectivity index (χ1) is 9.85. The van der Waals surface area contributed by atoms with E-state index in [1.165, 1.54) is 32.2 Å². The third kappa shape index (κ3) is 4.98. The SMILES string of the molecule is COc1ccc(C(=O)O[C@@H](C)C(=O)NCC(C)C)c(O)c1. The van der Waals surface area contributed by atoms with Crippen molar-refractivity contribution in [2.24, 2.45) is 5.92 Å². The molecular formula is C15H21NO5. The quantitative estimate of drug-likeness (QED) is 0.781. The molecule has 0 aromatic heterocycles. The molecule has 21 heavy (non-hydrogen) atoms. The lowest BCUT2D eigenvalue weighted by Crippen LogP contribution is -2.37. The molecule has 1 rings (SSSR count). The monoisotopic (exact) mass is 295 g/mol. The molecule has 0 aliphatic heterocycles. The van der Waals surface area contributed by atoms with Crippen molar-refractivity contribution >= 4 is 11.9 Å². The smallest absolute Gasteiger partial charge is 0.342 e. The Morgan fingerprint density at radius 3 is 2.48 bits per heavy atom. The van der Waals surface area contributed by atoms with Crippen LogP contribution in [0.2, 0.25) is 0 Å². The molecule has 0 radical (unpaired) electrons. The van der Waals surface area contributed by atoms with E-state index in [4.69, 9.17) is 9.47 Å². The molecule has 1 atom stereocenters. The van der Waals surface area contributed by atoms with E-state index in [0.29, 0.717) is 18.2 Å². The second-order valence-electron chi connectivity index (χ2n) is 5.07. The summed E-state index contributed by atoms with van der Waals surface area (Å²) in [6.45, 7) is 5.92. The molecule has 0 spiro atoms. The lowest BCUT2D eigenvalue weighted by Gasteiger charge is -2.15. The van der Waals surface area contributed by atoms with Gasteiger partial charge in [0.05, 0.1) is 7.11 Å². The number of benzene rings is 1. The van der Waals surface area contributed by atoms with Gasteiger partial charge in [0, 0.05) is 12.6 Å². The summed E-state index contributed by atoms with van der Waals surface area (Å²) in [4.78, 5) is 23.6. The standard InChI is InChI=1S/C15H21NO5/c1-9(2)8-16-14(18)10(3)21-15(19)12-6-5-11(20-4)7-13(12)17/h5-7,9-10,17H,8H2,1-4H3,(H,16,18)/t10-/m0/s1. The zero-order chi connectivity index (χ0) is 16.0. The predicted molar refractivity (Wildman–Crippen MR) is 77.4 cm³/mol. The maximum Gasteiger partial charge on any atom is 0.342 e. The van der Waals surface area contributed by atoms with Crippen molar-refractivity contribution in [3.63, 3.8) is 0 Å². The summed E-state index contributed by atoms with van der Waals surface area (Å²) in [6, 6.07) is 4.22.